The topological polar surface area (TPSA) is 41.1 Å². The number of carbonyl (C=O) groups excluding carboxylic acids is 1. The van der Waals surface area contributed by atoms with Gasteiger partial charge in [0.05, 0.1) is 0 Å². The fourth-order valence-corrected chi connectivity index (χ4v) is 3.01. The van der Waals surface area contributed by atoms with E-state index in [0.717, 1.165) is 27.9 Å². The van der Waals surface area contributed by atoms with Crippen LogP contribution in [0.2, 0.25) is 0 Å². The Labute approximate surface area is 161 Å². The maximum atomic E-state index is 13.1. The van der Waals surface area contributed by atoms with Crippen molar-refractivity contribution >= 4 is 11.6 Å². The van der Waals surface area contributed by atoms with Crippen LogP contribution in [0.4, 0.5) is 5.69 Å². The molecule has 0 spiro atoms. The van der Waals surface area contributed by atoms with Gasteiger partial charge in [0.2, 0.25) is 5.91 Å². The van der Waals surface area contributed by atoms with Crippen LogP contribution in [0.25, 0.3) is 0 Å². The van der Waals surface area contributed by atoms with Crippen LogP contribution >= 0.6 is 0 Å². The van der Waals surface area contributed by atoms with Crippen LogP contribution in [0, 0.1) is 20.8 Å². The van der Waals surface area contributed by atoms with Gasteiger partial charge in [-0.15, -0.1) is 0 Å². The Morgan fingerprint density at radius 2 is 1.52 bits per heavy atom. The van der Waals surface area contributed by atoms with E-state index in [2.05, 4.69) is 47.9 Å². The molecule has 0 unspecified atom stereocenters. The van der Waals surface area contributed by atoms with Gasteiger partial charge in [0.25, 0.3) is 0 Å². The van der Waals surface area contributed by atoms with Gasteiger partial charge in [-0.1, -0.05) is 72.3 Å². The van der Waals surface area contributed by atoms with E-state index < -0.39 is 6.04 Å². The predicted octanol–water partition coefficient (Wildman–Crippen LogP) is 5.08. The number of nitrogens with one attached hydrogen (secondary N) is 2. The van der Waals surface area contributed by atoms with Crippen LogP contribution in [-0.2, 0) is 11.3 Å². The molecule has 138 valence electrons. The van der Waals surface area contributed by atoms with Crippen LogP contribution in [0.3, 0.4) is 0 Å². The van der Waals surface area contributed by atoms with Crippen molar-refractivity contribution in [3.8, 4) is 0 Å². The predicted molar refractivity (Wildman–Crippen MR) is 112 cm³/mol. The summed E-state index contributed by atoms with van der Waals surface area (Å²) in [4.78, 5) is 13.1. The van der Waals surface area contributed by atoms with Crippen molar-refractivity contribution in [1.29, 1.82) is 0 Å². The highest BCUT2D eigenvalue weighted by Gasteiger charge is 2.20. The number of anilines is 1. The second-order valence-corrected chi connectivity index (χ2v) is 7.02. The molecular formula is C24H26N2O. The Morgan fingerprint density at radius 1 is 0.852 bits per heavy atom. The summed E-state index contributed by atoms with van der Waals surface area (Å²) < 4.78 is 0. The summed E-state index contributed by atoms with van der Waals surface area (Å²) in [6, 6.07) is 23.9. The van der Waals surface area contributed by atoms with Crippen LogP contribution in [0.5, 0.6) is 0 Å². The van der Waals surface area contributed by atoms with E-state index >= 15 is 0 Å². The normalized spacial score (nSPS) is 11.8. The fourth-order valence-electron chi connectivity index (χ4n) is 3.01. The molecule has 0 aliphatic heterocycles. The summed E-state index contributed by atoms with van der Waals surface area (Å²) in [5, 5.41) is 6.51. The number of benzene rings is 3. The number of hydrogen-bond donors (Lipinski definition) is 2. The molecule has 0 fully saturated rings. The quantitative estimate of drug-likeness (QED) is 0.645. The van der Waals surface area contributed by atoms with E-state index in [0.29, 0.717) is 6.54 Å². The summed E-state index contributed by atoms with van der Waals surface area (Å²) in [6.07, 6.45) is 0. The second kappa shape index (κ2) is 8.65. The molecule has 0 radical (unpaired) electrons. The van der Waals surface area contributed by atoms with Crippen LogP contribution < -0.4 is 10.6 Å². The summed E-state index contributed by atoms with van der Waals surface area (Å²) in [5.74, 6) is -0.0537. The van der Waals surface area contributed by atoms with Gasteiger partial charge in [-0.25, -0.2) is 0 Å². The maximum Gasteiger partial charge on any atom is 0.246 e. The lowest BCUT2D eigenvalue weighted by molar-refractivity contribution is -0.118. The van der Waals surface area contributed by atoms with Crippen molar-refractivity contribution in [2.45, 2.75) is 33.4 Å². The molecule has 0 aliphatic carbocycles. The Balaban J connectivity index is 1.80. The first-order valence-corrected chi connectivity index (χ1v) is 9.25. The van der Waals surface area contributed by atoms with Crippen molar-refractivity contribution in [3.63, 3.8) is 0 Å². The summed E-state index contributed by atoms with van der Waals surface area (Å²) in [6.45, 7) is 6.73. The molecule has 0 saturated heterocycles. The summed E-state index contributed by atoms with van der Waals surface area (Å²) in [5.41, 5.74) is 6.37. The van der Waals surface area contributed by atoms with Gasteiger partial charge in [-0.3, -0.25) is 10.1 Å². The molecule has 3 aromatic rings. The number of rotatable bonds is 6. The molecule has 0 bridgehead atoms. The van der Waals surface area contributed by atoms with Gasteiger partial charge in [0, 0.05) is 12.2 Å². The lowest BCUT2D eigenvalue weighted by atomic mass is 10.0. The molecule has 0 heterocycles. The summed E-state index contributed by atoms with van der Waals surface area (Å²) in [7, 11) is 0. The zero-order valence-electron chi connectivity index (χ0n) is 16.1. The van der Waals surface area contributed by atoms with Gasteiger partial charge in [-0.05, 0) is 49.1 Å². The van der Waals surface area contributed by atoms with Gasteiger partial charge in [-0.2, -0.15) is 0 Å². The third-order valence-corrected chi connectivity index (χ3v) is 4.68. The maximum absolute atomic E-state index is 13.1. The zero-order chi connectivity index (χ0) is 19.2. The molecule has 0 saturated carbocycles. The van der Waals surface area contributed by atoms with Crippen molar-refractivity contribution in [3.05, 3.63) is 101 Å². The van der Waals surface area contributed by atoms with Crippen LogP contribution in [-0.4, -0.2) is 5.91 Å². The number of carbonyl (C=O) groups is 1. The van der Waals surface area contributed by atoms with Gasteiger partial charge < -0.3 is 5.32 Å². The molecule has 3 nitrogen and oxygen atoms in total. The van der Waals surface area contributed by atoms with Crippen LogP contribution in [0.1, 0.15) is 33.9 Å². The minimum Gasteiger partial charge on any atom is -0.324 e. The second-order valence-electron chi connectivity index (χ2n) is 7.02. The van der Waals surface area contributed by atoms with Gasteiger partial charge in [0.1, 0.15) is 6.04 Å². The largest absolute Gasteiger partial charge is 0.324 e. The number of hydrogen-bond acceptors (Lipinski definition) is 2. The smallest absolute Gasteiger partial charge is 0.246 e. The van der Waals surface area contributed by atoms with Crippen molar-refractivity contribution < 1.29 is 4.79 Å². The first-order chi connectivity index (χ1) is 13.0. The molecule has 3 rings (SSSR count). The third kappa shape index (κ3) is 5.05. The van der Waals surface area contributed by atoms with E-state index in [1.807, 2.05) is 56.3 Å². The molecule has 27 heavy (non-hydrogen) atoms. The third-order valence-electron chi connectivity index (χ3n) is 4.68. The standard InChI is InChI=1S/C24H26N2O/c1-17-10-13-20(14-11-17)16-25-23(21-7-5-4-6-8-21)24(27)26-22-15-18(2)9-12-19(22)3/h4-15,23,25H,16H2,1-3H3,(H,26,27)/t23-/m1/s1. The number of amides is 1. The average Bonchev–Trinajstić information content (AvgIpc) is 2.67. The van der Waals surface area contributed by atoms with E-state index in [1.54, 1.807) is 0 Å². The summed E-state index contributed by atoms with van der Waals surface area (Å²) >= 11 is 0. The highest BCUT2D eigenvalue weighted by molar-refractivity contribution is 5.96. The first kappa shape index (κ1) is 18.9. The molecular weight excluding hydrogens is 332 g/mol. The molecule has 2 N–H and O–H groups in total. The fraction of sp³-hybridized carbons (Fsp3) is 0.208. The van der Waals surface area contributed by atoms with Gasteiger partial charge >= 0.3 is 0 Å². The highest BCUT2D eigenvalue weighted by Crippen LogP contribution is 2.20. The molecule has 0 aromatic heterocycles. The lowest BCUT2D eigenvalue weighted by Gasteiger charge is -2.20. The monoisotopic (exact) mass is 358 g/mol. The first-order valence-electron chi connectivity index (χ1n) is 9.25. The minimum atomic E-state index is -0.424. The Bertz CT molecular complexity index is 901. The molecule has 1 atom stereocenters. The minimum absolute atomic E-state index is 0.0537. The molecule has 3 aromatic carbocycles. The van der Waals surface area contributed by atoms with Gasteiger partial charge in [0.15, 0.2) is 0 Å². The average molecular weight is 358 g/mol. The Morgan fingerprint density at radius 3 is 2.22 bits per heavy atom. The van der Waals surface area contributed by atoms with E-state index in [9.17, 15) is 4.79 Å². The Hall–Kier alpha value is -2.91. The van der Waals surface area contributed by atoms with E-state index in [-0.39, 0.29) is 5.91 Å². The van der Waals surface area contributed by atoms with Crippen LogP contribution in [0.15, 0.2) is 72.8 Å². The molecule has 0 aliphatic rings. The van der Waals surface area contributed by atoms with E-state index in [4.69, 9.17) is 0 Å². The lowest BCUT2D eigenvalue weighted by Crippen LogP contribution is -2.33. The molecule has 3 heteroatoms. The number of aryl methyl sites for hydroxylation is 3. The Kier molecular flexibility index (Phi) is 6.05. The van der Waals surface area contributed by atoms with Crippen molar-refractivity contribution in [2.75, 3.05) is 5.32 Å². The van der Waals surface area contributed by atoms with Crippen molar-refractivity contribution in [2.24, 2.45) is 0 Å². The highest BCUT2D eigenvalue weighted by atomic mass is 16.2. The van der Waals surface area contributed by atoms with Crippen molar-refractivity contribution in [1.82, 2.24) is 5.32 Å². The SMILES string of the molecule is Cc1ccc(CN[C@@H](C(=O)Nc2cc(C)ccc2C)c2ccccc2)cc1. The molecule has 1 amide bonds. The zero-order valence-corrected chi connectivity index (χ0v) is 16.1. The van der Waals surface area contributed by atoms with E-state index in [1.165, 1.54) is 5.56 Å².